The molecule has 1 unspecified atom stereocenters. The van der Waals surface area contributed by atoms with Crippen molar-refractivity contribution in [1.82, 2.24) is 0 Å². The molecule has 3 N–H and O–H groups in total. The number of halogens is 1. The maximum Gasteiger partial charge on any atom is 0.247 e. The zero-order chi connectivity index (χ0) is 16.0. The monoisotopic (exact) mass is 294 g/mol. The van der Waals surface area contributed by atoms with Crippen LogP contribution < -0.4 is 10.6 Å². The lowest BCUT2D eigenvalue weighted by Crippen LogP contribution is -2.23. The van der Waals surface area contributed by atoms with Crippen LogP contribution in [-0.2, 0) is 9.59 Å². The molecule has 5 nitrogen and oxygen atoms in total. The average molecular weight is 294 g/mol. The number of carbonyl (C=O) groups is 2. The minimum Gasteiger partial charge on any atom is -0.392 e. The second kappa shape index (κ2) is 7.54. The molecular formula is C15H19FN2O3. The number of aliphatic hydroxyl groups is 1. The molecular weight excluding hydrogens is 275 g/mol. The van der Waals surface area contributed by atoms with Crippen LogP contribution in [-0.4, -0.2) is 23.0 Å². The largest absolute Gasteiger partial charge is 0.392 e. The third kappa shape index (κ3) is 5.35. The smallest absolute Gasteiger partial charge is 0.247 e. The molecule has 0 saturated heterocycles. The maximum atomic E-state index is 13.5. The van der Waals surface area contributed by atoms with E-state index in [1.165, 1.54) is 12.1 Å². The standard InChI is InChI=1S/C15H19FN2O3/c1-4-14(20)18-12-7-10(5-6-11(12)16)17-15(21)8-13(19)9(2)3/h4-7,9,13,19H,1,8H2,2-3H3,(H,17,21)(H,18,20). The van der Waals surface area contributed by atoms with Gasteiger partial charge in [-0.1, -0.05) is 20.4 Å². The molecule has 1 aromatic carbocycles. The Morgan fingerprint density at radius 3 is 2.62 bits per heavy atom. The Morgan fingerprint density at radius 1 is 1.38 bits per heavy atom. The second-order valence-electron chi connectivity index (χ2n) is 4.95. The lowest BCUT2D eigenvalue weighted by molar-refractivity contribution is -0.118. The van der Waals surface area contributed by atoms with Gasteiger partial charge in [-0.15, -0.1) is 0 Å². The first-order chi connectivity index (χ1) is 9.83. The van der Waals surface area contributed by atoms with E-state index in [9.17, 15) is 19.1 Å². The van der Waals surface area contributed by atoms with Gasteiger partial charge in [0.25, 0.3) is 0 Å². The minimum absolute atomic E-state index is 0.0357. The number of aliphatic hydroxyl groups excluding tert-OH is 1. The Morgan fingerprint density at radius 2 is 2.05 bits per heavy atom. The summed E-state index contributed by atoms with van der Waals surface area (Å²) in [6, 6.07) is 3.81. The fourth-order valence-corrected chi connectivity index (χ4v) is 1.52. The third-order valence-corrected chi connectivity index (χ3v) is 2.86. The van der Waals surface area contributed by atoms with Crippen molar-refractivity contribution in [1.29, 1.82) is 0 Å². The average Bonchev–Trinajstić information content (AvgIpc) is 2.42. The molecule has 1 rings (SSSR count). The van der Waals surface area contributed by atoms with Gasteiger partial charge in [0.2, 0.25) is 11.8 Å². The summed E-state index contributed by atoms with van der Waals surface area (Å²) in [5.41, 5.74) is 0.277. The van der Waals surface area contributed by atoms with Crippen molar-refractivity contribution >= 4 is 23.2 Å². The lowest BCUT2D eigenvalue weighted by Gasteiger charge is -2.14. The number of carbonyl (C=O) groups excluding carboxylic acids is 2. The molecule has 0 fully saturated rings. The molecule has 0 aromatic heterocycles. The predicted molar refractivity (Wildman–Crippen MR) is 79.3 cm³/mol. The van der Waals surface area contributed by atoms with E-state index in [4.69, 9.17) is 0 Å². The summed E-state index contributed by atoms with van der Waals surface area (Å²) in [7, 11) is 0. The van der Waals surface area contributed by atoms with E-state index in [1.54, 1.807) is 13.8 Å². The first kappa shape index (κ1) is 16.8. The highest BCUT2D eigenvalue weighted by molar-refractivity contribution is 5.99. The zero-order valence-electron chi connectivity index (χ0n) is 12.0. The van der Waals surface area contributed by atoms with Gasteiger partial charge in [-0.25, -0.2) is 4.39 Å². The summed E-state index contributed by atoms with van der Waals surface area (Å²) in [5.74, 6) is -1.59. The van der Waals surface area contributed by atoms with E-state index in [1.807, 2.05) is 0 Å². The number of hydrogen-bond acceptors (Lipinski definition) is 3. The molecule has 0 saturated carbocycles. The molecule has 0 aliphatic heterocycles. The molecule has 6 heteroatoms. The Bertz CT molecular complexity index is 544. The predicted octanol–water partition coefficient (Wildman–Crippen LogP) is 2.30. The van der Waals surface area contributed by atoms with Crippen LogP contribution in [0.5, 0.6) is 0 Å². The fourth-order valence-electron chi connectivity index (χ4n) is 1.52. The number of rotatable bonds is 6. The molecule has 21 heavy (non-hydrogen) atoms. The van der Waals surface area contributed by atoms with Crippen LogP contribution in [0.1, 0.15) is 20.3 Å². The third-order valence-electron chi connectivity index (χ3n) is 2.86. The highest BCUT2D eigenvalue weighted by Crippen LogP contribution is 2.20. The van der Waals surface area contributed by atoms with Crippen molar-refractivity contribution in [2.24, 2.45) is 5.92 Å². The van der Waals surface area contributed by atoms with E-state index < -0.39 is 17.8 Å². The van der Waals surface area contributed by atoms with E-state index in [0.717, 1.165) is 12.1 Å². The first-order valence-corrected chi connectivity index (χ1v) is 6.54. The highest BCUT2D eigenvalue weighted by Gasteiger charge is 2.15. The van der Waals surface area contributed by atoms with Gasteiger partial charge in [0.15, 0.2) is 0 Å². The summed E-state index contributed by atoms with van der Waals surface area (Å²) >= 11 is 0. The van der Waals surface area contributed by atoms with Crippen molar-refractivity contribution in [2.45, 2.75) is 26.4 Å². The maximum absolute atomic E-state index is 13.5. The van der Waals surface area contributed by atoms with Crippen LogP contribution in [0.3, 0.4) is 0 Å². The van der Waals surface area contributed by atoms with E-state index in [0.29, 0.717) is 5.69 Å². The zero-order valence-corrected chi connectivity index (χ0v) is 12.0. The lowest BCUT2D eigenvalue weighted by atomic mass is 10.0. The minimum atomic E-state index is -0.745. The normalized spacial score (nSPS) is 11.9. The van der Waals surface area contributed by atoms with Gasteiger partial charge in [-0.2, -0.15) is 0 Å². The van der Waals surface area contributed by atoms with Crippen LogP contribution in [0.4, 0.5) is 15.8 Å². The molecule has 0 aliphatic rings. The Balaban J connectivity index is 2.76. The van der Waals surface area contributed by atoms with Crippen LogP contribution in [0.2, 0.25) is 0 Å². The molecule has 0 aliphatic carbocycles. The van der Waals surface area contributed by atoms with Gasteiger partial charge in [0.05, 0.1) is 18.2 Å². The van der Waals surface area contributed by atoms with E-state index >= 15 is 0 Å². The SMILES string of the molecule is C=CC(=O)Nc1cc(NC(=O)CC(O)C(C)C)ccc1F. The molecule has 0 spiro atoms. The Kier molecular flexibility index (Phi) is 6.05. The Hall–Kier alpha value is -2.21. The number of hydrogen-bond donors (Lipinski definition) is 3. The first-order valence-electron chi connectivity index (χ1n) is 6.54. The van der Waals surface area contributed by atoms with Crippen molar-refractivity contribution < 1.29 is 19.1 Å². The van der Waals surface area contributed by atoms with Crippen molar-refractivity contribution in [3.05, 3.63) is 36.7 Å². The van der Waals surface area contributed by atoms with Gasteiger partial charge in [-0.3, -0.25) is 9.59 Å². The second-order valence-corrected chi connectivity index (χ2v) is 4.95. The molecule has 1 atom stereocenters. The number of anilines is 2. The van der Waals surface area contributed by atoms with Crippen molar-refractivity contribution in [3.63, 3.8) is 0 Å². The number of benzene rings is 1. The number of nitrogens with one attached hydrogen (secondary N) is 2. The quantitative estimate of drug-likeness (QED) is 0.704. The molecule has 0 radical (unpaired) electrons. The summed E-state index contributed by atoms with van der Waals surface area (Å²) in [5, 5.41) is 14.5. The van der Waals surface area contributed by atoms with E-state index in [-0.39, 0.29) is 23.9 Å². The van der Waals surface area contributed by atoms with Gasteiger partial charge in [0.1, 0.15) is 5.82 Å². The van der Waals surface area contributed by atoms with Crippen LogP contribution in [0, 0.1) is 11.7 Å². The Labute approximate surface area is 122 Å². The van der Waals surface area contributed by atoms with Crippen LogP contribution in [0.15, 0.2) is 30.9 Å². The molecule has 0 bridgehead atoms. The van der Waals surface area contributed by atoms with Crippen LogP contribution >= 0.6 is 0 Å². The molecule has 0 heterocycles. The summed E-state index contributed by atoms with van der Waals surface area (Å²) < 4.78 is 13.5. The molecule has 114 valence electrons. The topological polar surface area (TPSA) is 78.4 Å². The van der Waals surface area contributed by atoms with E-state index in [2.05, 4.69) is 17.2 Å². The summed E-state index contributed by atoms with van der Waals surface area (Å²) in [4.78, 5) is 22.9. The molecule has 2 amide bonds. The van der Waals surface area contributed by atoms with Gasteiger partial charge < -0.3 is 15.7 Å². The highest BCUT2D eigenvalue weighted by atomic mass is 19.1. The summed E-state index contributed by atoms with van der Waals surface area (Å²) in [6.07, 6.45) is 0.220. The molecule has 1 aromatic rings. The van der Waals surface area contributed by atoms with Gasteiger partial charge in [-0.05, 0) is 30.2 Å². The fraction of sp³-hybridized carbons (Fsp3) is 0.333. The van der Waals surface area contributed by atoms with Gasteiger partial charge in [0, 0.05) is 5.69 Å². The summed E-state index contributed by atoms with van der Waals surface area (Å²) in [6.45, 7) is 6.88. The number of amides is 2. The van der Waals surface area contributed by atoms with Crippen LogP contribution in [0.25, 0.3) is 0 Å². The van der Waals surface area contributed by atoms with Crippen molar-refractivity contribution in [2.75, 3.05) is 10.6 Å². The van der Waals surface area contributed by atoms with Gasteiger partial charge >= 0.3 is 0 Å². The van der Waals surface area contributed by atoms with Crippen molar-refractivity contribution in [3.8, 4) is 0 Å².